The summed E-state index contributed by atoms with van der Waals surface area (Å²) in [6, 6.07) is 0. The number of alkyl halides is 3. The lowest BCUT2D eigenvalue weighted by Gasteiger charge is -2.32. The summed E-state index contributed by atoms with van der Waals surface area (Å²) in [6.07, 6.45) is 0.507. The van der Waals surface area contributed by atoms with Crippen LogP contribution in [0.25, 0.3) is 0 Å². The van der Waals surface area contributed by atoms with E-state index in [1.165, 1.54) is 0 Å². The van der Waals surface area contributed by atoms with Crippen LogP contribution in [0.15, 0.2) is 6.20 Å². The van der Waals surface area contributed by atoms with Crippen molar-refractivity contribution in [3.8, 4) is 0 Å². The Labute approximate surface area is 101 Å². The molecule has 0 bridgehead atoms. The van der Waals surface area contributed by atoms with E-state index in [-0.39, 0.29) is 0 Å². The van der Waals surface area contributed by atoms with Crippen LogP contribution in [0.3, 0.4) is 0 Å². The van der Waals surface area contributed by atoms with Gasteiger partial charge in [-0.3, -0.25) is 0 Å². The van der Waals surface area contributed by atoms with Crippen molar-refractivity contribution >= 4 is 11.3 Å². The summed E-state index contributed by atoms with van der Waals surface area (Å²) in [7, 11) is 0. The number of halogens is 3. The summed E-state index contributed by atoms with van der Waals surface area (Å²) in [5.74, 6) is 0.432. The van der Waals surface area contributed by atoms with E-state index >= 15 is 0 Å². The highest BCUT2D eigenvalue weighted by molar-refractivity contribution is 7.11. The van der Waals surface area contributed by atoms with Crippen molar-refractivity contribution < 1.29 is 18.3 Å². The van der Waals surface area contributed by atoms with E-state index < -0.39 is 16.8 Å². The molecule has 0 aromatic carbocycles. The predicted molar refractivity (Wildman–Crippen MR) is 58.6 cm³/mol. The van der Waals surface area contributed by atoms with Crippen molar-refractivity contribution in [2.75, 3.05) is 0 Å². The zero-order chi connectivity index (χ0) is 12.7. The van der Waals surface area contributed by atoms with Gasteiger partial charge < -0.3 is 5.11 Å². The summed E-state index contributed by atoms with van der Waals surface area (Å²) in [6.45, 7) is 1.57. The van der Waals surface area contributed by atoms with Crippen LogP contribution in [0.2, 0.25) is 0 Å². The van der Waals surface area contributed by atoms with Gasteiger partial charge in [-0.15, -0.1) is 11.3 Å². The van der Waals surface area contributed by atoms with Crippen LogP contribution in [0.4, 0.5) is 13.2 Å². The second-order valence-electron chi connectivity index (χ2n) is 4.80. The first-order chi connectivity index (χ1) is 7.79. The Bertz CT molecular complexity index is 396. The van der Waals surface area contributed by atoms with E-state index in [9.17, 15) is 18.3 Å². The minimum Gasteiger partial charge on any atom is -0.385 e. The van der Waals surface area contributed by atoms with E-state index in [1.807, 2.05) is 0 Å². The number of thiazole rings is 1. The summed E-state index contributed by atoms with van der Waals surface area (Å²) >= 11 is 0.537. The maximum atomic E-state index is 12.4. The summed E-state index contributed by atoms with van der Waals surface area (Å²) in [4.78, 5) is 3.64. The third-order valence-electron chi connectivity index (χ3n) is 3.19. The lowest BCUT2D eigenvalue weighted by molar-refractivity contribution is -0.137. The molecule has 1 saturated carbocycles. The Balaban J connectivity index is 2.12. The Hall–Kier alpha value is -0.620. The fraction of sp³-hybridized carbons (Fsp3) is 0.727. The zero-order valence-corrected chi connectivity index (χ0v) is 10.2. The van der Waals surface area contributed by atoms with E-state index in [2.05, 4.69) is 4.98 Å². The number of aromatic nitrogens is 1. The molecule has 1 aromatic heterocycles. The van der Waals surface area contributed by atoms with E-state index in [1.54, 1.807) is 6.92 Å². The van der Waals surface area contributed by atoms with Crippen molar-refractivity contribution in [1.82, 2.24) is 4.98 Å². The molecule has 0 amide bonds. The number of aliphatic hydroxyl groups is 1. The number of rotatable bonds is 3. The number of hydrogen-bond donors (Lipinski definition) is 1. The number of hydrogen-bond acceptors (Lipinski definition) is 3. The van der Waals surface area contributed by atoms with Crippen LogP contribution in [-0.4, -0.2) is 10.1 Å². The molecule has 1 atom stereocenters. The zero-order valence-electron chi connectivity index (χ0n) is 9.42. The average Bonchev–Trinajstić information content (AvgIpc) is 2.59. The van der Waals surface area contributed by atoms with E-state index in [0.29, 0.717) is 28.6 Å². The third-order valence-corrected chi connectivity index (χ3v) is 4.49. The van der Waals surface area contributed by atoms with Crippen molar-refractivity contribution in [2.45, 2.75) is 44.4 Å². The summed E-state index contributed by atoms with van der Waals surface area (Å²) in [5, 5.41) is 9.32. The highest BCUT2D eigenvalue weighted by Crippen LogP contribution is 2.41. The summed E-state index contributed by atoms with van der Waals surface area (Å²) < 4.78 is 37.2. The topological polar surface area (TPSA) is 33.1 Å². The Morgan fingerprint density at radius 2 is 2.12 bits per heavy atom. The SMILES string of the molecule is CC(O)(CC1CCC1)c1cnc(C(F)(F)F)s1. The van der Waals surface area contributed by atoms with Crippen LogP contribution in [-0.2, 0) is 11.8 Å². The smallest absolute Gasteiger partial charge is 0.385 e. The normalized spacial score (nSPS) is 21.0. The van der Waals surface area contributed by atoms with Gasteiger partial charge >= 0.3 is 6.18 Å². The largest absolute Gasteiger partial charge is 0.443 e. The van der Waals surface area contributed by atoms with Gasteiger partial charge in [-0.25, -0.2) is 4.98 Å². The van der Waals surface area contributed by atoms with E-state index in [0.717, 1.165) is 25.5 Å². The van der Waals surface area contributed by atoms with Crippen LogP contribution < -0.4 is 0 Å². The first kappa shape index (κ1) is 12.8. The van der Waals surface area contributed by atoms with Crippen LogP contribution in [0.1, 0.15) is 42.5 Å². The average molecular weight is 265 g/mol. The molecule has 0 aliphatic heterocycles. The second kappa shape index (κ2) is 4.24. The molecular weight excluding hydrogens is 251 g/mol. The fourth-order valence-corrected chi connectivity index (χ4v) is 2.85. The molecule has 6 heteroatoms. The second-order valence-corrected chi connectivity index (χ2v) is 5.83. The molecule has 96 valence electrons. The molecule has 1 N–H and O–H groups in total. The van der Waals surface area contributed by atoms with Gasteiger partial charge in [0.25, 0.3) is 0 Å². The summed E-state index contributed by atoms with van der Waals surface area (Å²) in [5.41, 5.74) is -1.19. The van der Waals surface area contributed by atoms with Gasteiger partial charge in [0, 0.05) is 6.20 Å². The Morgan fingerprint density at radius 3 is 2.53 bits per heavy atom. The molecule has 1 aromatic rings. The quantitative estimate of drug-likeness (QED) is 0.906. The Kier molecular flexibility index (Phi) is 3.20. The molecule has 17 heavy (non-hydrogen) atoms. The minimum atomic E-state index is -4.42. The third kappa shape index (κ3) is 2.80. The van der Waals surface area contributed by atoms with Gasteiger partial charge in [-0.2, -0.15) is 13.2 Å². The Morgan fingerprint density at radius 1 is 1.47 bits per heavy atom. The molecule has 0 radical (unpaired) electrons. The van der Waals surface area contributed by atoms with Gasteiger partial charge in [0.2, 0.25) is 0 Å². The van der Waals surface area contributed by atoms with Crippen molar-refractivity contribution in [3.05, 3.63) is 16.1 Å². The monoisotopic (exact) mass is 265 g/mol. The lowest BCUT2D eigenvalue weighted by atomic mass is 9.77. The first-order valence-corrected chi connectivity index (χ1v) is 6.36. The molecule has 1 heterocycles. The molecular formula is C11H14F3NOS. The molecule has 2 nitrogen and oxygen atoms in total. The lowest BCUT2D eigenvalue weighted by Crippen LogP contribution is -2.27. The van der Waals surface area contributed by atoms with Gasteiger partial charge in [0.15, 0.2) is 5.01 Å². The van der Waals surface area contributed by atoms with Crippen LogP contribution >= 0.6 is 11.3 Å². The predicted octanol–water partition coefficient (Wildman–Crippen LogP) is 3.56. The molecule has 1 aliphatic carbocycles. The molecule has 2 rings (SSSR count). The first-order valence-electron chi connectivity index (χ1n) is 5.55. The number of nitrogens with zero attached hydrogens (tertiary/aromatic N) is 1. The molecule has 0 saturated heterocycles. The van der Waals surface area contributed by atoms with Crippen molar-refractivity contribution in [2.24, 2.45) is 5.92 Å². The van der Waals surface area contributed by atoms with E-state index in [4.69, 9.17) is 0 Å². The molecule has 1 aliphatic rings. The molecule has 1 unspecified atom stereocenters. The van der Waals surface area contributed by atoms with Gasteiger partial charge in [-0.05, 0) is 19.3 Å². The van der Waals surface area contributed by atoms with Gasteiger partial charge in [0.05, 0.1) is 10.5 Å². The van der Waals surface area contributed by atoms with Crippen LogP contribution in [0.5, 0.6) is 0 Å². The van der Waals surface area contributed by atoms with Gasteiger partial charge in [-0.1, -0.05) is 19.3 Å². The maximum Gasteiger partial charge on any atom is 0.443 e. The fourth-order valence-electron chi connectivity index (χ4n) is 2.01. The highest BCUT2D eigenvalue weighted by Gasteiger charge is 2.38. The van der Waals surface area contributed by atoms with Crippen molar-refractivity contribution in [3.63, 3.8) is 0 Å². The highest BCUT2D eigenvalue weighted by atomic mass is 32.1. The minimum absolute atomic E-state index is 0.303. The molecule has 0 spiro atoms. The molecule has 1 fully saturated rings. The van der Waals surface area contributed by atoms with Gasteiger partial charge in [0.1, 0.15) is 0 Å². The standard InChI is InChI=1S/C11H14F3NOS/c1-10(16,5-7-3-2-4-7)8-6-15-9(17-8)11(12,13)14/h6-7,16H,2-5H2,1H3. The maximum absolute atomic E-state index is 12.4. The van der Waals surface area contributed by atoms with Crippen molar-refractivity contribution in [1.29, 1.82) is 0 Å². The van der Waals surface area contributed by atoms with Crippen LogP contribution in [0, 0.1) is 5.92 Å².